The second-order valence-corrected chi connectivity index (χ2v) is 5.99. The van der Waals surface area contributed by atoms with Crippen LogP contribution in [0.15, 0.2) is 12.3 Å². The van der Waals surface area contributed by atoms with Gasteiger partial charge in [0.2, 0.25) is 0 Å². The minimum absolute atomic E-state index is 0.187. The van der Waals surface area contributed by atoms with E-state index in [2.05, 4.69) is 10.3 Å². The number of likely N-dealkylation sites (tertiary alicyclic amines) is 1. The summed E-state index contributed by atoms with van der Waals surface area (Å²) in [5.74, 6) is 0.800. The summed E-state index contributed by atoms with van der Waals surface area (Å²) in [6.07, 6.45) is 6.60. The van der Waals surface area contributed by atoms with E-state index in [0.717, 1.165) is 19.0 Å². The number of carbonyl (C=O) groups is 1. The molecule has 2 amide bonds. The number of hydrogen-bond donors (Lipinski definition) is 1. The molecule has 1 aliphatic heterocycles. The third-order valence-electron chi connectivity index (χ3n) is 4.31. The molecule has 2 heterocycles. The van der Waals surface area contributed by atoms with Gasteiger partial charge in [0.25, 0.3) is 0 Å². The fourth-order valence-electron chi connectivity index (χ4n) is 3.10. The van der Waals surface area contributed by atoms with E-state index in [0.29, 0.717) is 11.6 Å². The van der Waals surface area contributed by atoms with Crippen LogP contribution in [0.4, 0.5) is 14.9 Å². The predicted molar refractivity (Wildman–Crippen MR) is 75.2 cm³/mol. The van der Waals surface area contributed by atoms with Gasteiger partial charge in [-0.05, 0) is 11.8 Å². The number of amides is 2. The molecule has 4 nitrogen and oxygen atoms in total. The molecular formula is C14H17ClFN3O. The van der Waals surface area contributed by atoms with Gasteiger partial charge in [-0.3, -0.25) is 0 Å². The molecule has 0 bridgehead atoms. The first-order valence-electron chi connectivity index (χ1n) is 7.00. The first-order valence-corrected chi connectivity index (χ1v) is 7.38. The van der Waals surface area contributed by atoms with Crippen LogP contribution in [0.5, 0.6) is 0 Å². The lowest BCUT2D eigenvalue weighted by molar-refractivity contribution is 0.0927. The monoisotopic (exact) mass is 297 g/mol. The Labute approximate surface area is 122 Å². The zero-order chi connectivity index (χ0) is 14.1. The Bertz CT molecular complexity index is 513. The van der Waals surface area contributed by atoms with Crippen molar-refractivity contribution in [2.75, 3.05) is 18.4 Å². The Balaban J connectivity index is 1.51. The van der Waals surface area contributed by atoms with Gasteiger partial charge in [0.05, 0.1) is 11.9 Å². The fourth-order valence-corrected chi connectivity index (χ4v) is 3.20. The standard InChI is InChI=1S/C14H17ClFN3O/c15-13-12(16)5-11(6-17-13)18-14(20)19-7-10(8-19)9-3-1-2-4-9/h5-6,9-10H,1-4,7-8H2,(H,18,20). The maximum absolute atomic E-state index is 13.2. The summed E-state index contributed by atoms with van der Waals surface area (Å²) in [6, 6.07) is 0.990. The molecule has 1 aliphatic carbocycles. The Morgan fingerprint density at radius 1 is 1.35 bits per heavy atom. The number of halogens is 2. The molecule has 6 heteroatoms. The second kappa shape index (κ2) is 5.56. The van der Waals surface area contributed by atoms with Crippen LogP contribution in [0, 0.1) is 17.7 Å². The lowest BCUT2D eigenvalue weighted by Crippen LogP contribution is -2.53. The molecule has 1 N–H and O–H groups in total. The second-order valence-electron chi connectivity index (χ2n) is 5.64. The van der Waals surface area contributed by atoms with Crippen LogP contribution >= 0.6 is 11.6 Å². The van der Waals surface area contributed by atoms with Crippen LogP contribution in [0.25, 0.3) is 0 Å². The van der Waals surface area contributed by atoms with E-state index >= 15 is 0 Å². The minimum atomic E-state index is -0.628. The van der Waals surface area contributed by atoms with E-state index in [4.69, 9.17) is 11.6 Å². The molecule has 2 fully saturated rings. The number of pyridine rings is 1. The number of nitrogens with one attached hydrogen (secondary N) is 1. The zero-order valence-electron chi connectivity index (χ0n) is 11.1. The van der Waals surface area contributed by atoms with E-state index in [1.54, 1.807) is 4.90 Å². The van der Waals surface area contributed by atoms with Crippen LogP contribution in [0.3, 0.4) is 0 Å². The van der Waals surface area contributed by atoms with Crippen LogP contribution in [-0.2, 0) is 0 Å². The van der Waals surface area contributed by atoms with Gasteiger partial charge in [-0.1, -0.05) is 37.3 Å². The smallest absolute Gasteiger partial charge is 0.321 e. The average Bonchev–Trinajstić information content (AvgIpc) is 2.86. The Morgan fingerprint density at radius 3 is 2.70 bits per heavy atom. The van der Waals surface area contributed by atoms with Crippen molar-refractivity contribution in [1.82, 2.24) is 9.88 Å². The minimum Gasteiger partial charge on any atom is -0.324 e. The zero-order valence-corrected chi connectivity index (χ0v) is 11.9. The molecule has 108 valence electrons. The van der Waals surface area contributed by atoms with Crippen molar-refractivity contribution in [3.63, 3.8) is 0 Å². The van der Waals surface area contributed by atoms with E-state index < -0.39 is 5.82 Å². The number of carbonyl (C=O) groups excluding carboxylic acids is 1. The highest BCUT2D eigenvalue weighted by Crippen LogP contribution is 2.36. The maximum Gasteiger partial charge on any atom is 0.321 e. The van der Waals surface area contributed by atoms with Gasteiger partial charge >= 0.3 is 6.03 Å². The highest BCUT2D eigenvalue weighted by molar-refractivity contribution is 6.29. The van der Waals surface area contributed by atoms with Gasteiger partial charge in [0, 0.05) is 19.2 Å². The molecular weight excluding hydrogens is 281 g/mol. The van der Waals surface area contributed by atoms with E-state index in [-0.39, 0.29) is 11.2 Å². The molecule has 3 rings (SSSR count). The van der Waals surface area contributed by atoms with Gasteiger partial charge in [0.15, 0.2) is 11.0 Å². The summed E-state index contributed by atoms with van der Waals surface area (Å²) in [5, 5.41) is 2.46. The van der Waals surface area contributed by atoms with Crippen LogP contribution in [-0.4, -0.2) is 29.0 Å². The third kappa shape index (κ3) is 2.73. The summed E-state index contributed by atoms with van der Waals surface area (Å²) < 4.78 is 13.2. The van der Waals surface area contributed by atoms with Crippen molar-refractivity contribution in [3.8, 4) is 0 Å². The average molecular weight is 298 g/mol. The molecule has 1 aromatic heterocycles. The summed E-state index contributed by atoms with van der Waals surface area (Å²) in [7, 11) is 0. The summed E-state index contributed by atoms with van der Waals surface area (Å²) in [5.41, 5.74) is 0.334. The molecule has 2 aliphatic rings. The maximum atomic E-state index is 13.2. The van der Waals surface area contributed by atoms with Crippen molar-refractivity contribution in [3.05, 3.63) is 23.2 Å². The Hall–Kier alpha value is -1.36. The summed E-state index contributed by atoms with van der Waals surface area (Å²) in [4.78, 5) is 17.4. The van der Waals surface area contributed by atoms with Crippen molar-refractivity contribution in [2.45, 2.75) is 25.7 Å². The lowest BCUT2D eigenvalue weighted by atomic mass is 9.85. The molecule has 20 heavy (non-hydrogen) atoms. The van der Waals surface area contributed by atoms with Gasteiger partial charge < -0.3 is 10.2 Å². The third-order valence-corrected chi connectivity index (χ3v) is 4.59. The van der Waals surface area contributed by atoms with Gasteiger partial charge in [-0.15, -0.1) is 0 Å². The van der Waals surface area contributed by atoms with Gasteiger partial charge in [-0.2, -0.15) is 0 Å². The van der Waals surface area contributed by atoms with Crippen molar-refractivity contribution in [2.24, 2.45) is 11.8 Å². The first kappa shape index (κ1) is 13.6. The Kier molecular flexibility index (Phi) is 3.78. The quantitative estimate of drug-likeness (QED) is 0.849. The van der Waals surface area contributed by atoms with E-state index in [1.165, 1.54) is 37.9 Å². The molecule has 1 aromatic rings. The highest BCUT2D eigenvalue weighted by atomic mass is 35.5. The highest BCUT2D eigenvalue weighted by Gasteiger charge is 2.37. The topological polar surface area (TPSA) is 45.2 Å². The molecule has 1 saturated carbocycles. The number of aromatic nitrogens is 1. The molecule has 0 radical (unpaired) electrons. The summed E-state index contributed by atoms with van der Waals surface area (Å²) >= 11 is 5.50. The van der Waals surface area contributed by atoms with Gasteiger partial charge in [-0.25, -0.2) is 14.2 Å². The first-order chi connectivity index (χ1) is 9.63. The fraction of sp³-hybridized carbons (Fsp3) is 0.571. The van der Waals surface area contributed by atoms with Crippen molar-refractivity contribution in [1.29, 1.82) is 0 Å². The van der Waals surface area contributed by atoms with Gasteiger partial charge in [0.1, 0.15) is 0 Å². The van der Waals surface area contributed by atoms with Crippen LogP contribution < -0.4 is 5.32 Å². The molecule has 1 saturated heterocycles. The van der Waals surface area contributed by atoms with E-state index in [9.17, 15) is 9.18 Å². The van der Waals surface area contributed by atoms with Crippen molar-refractivity contribution < 1.29 is 9.18 Å². The Morgan fingerprint density at radius 2 is 2.05 bits per heavy atom. The summed E-state index contributed by atoms with van der Waals surface area (Å²) in [6.45, 7) is 1.61. The normalized spacial score (nSPS) is 20.0. The number of anilines is 1. The molecule has 0 spiro atoms. The lowest BCUT2D eigenvalue weighted by Gasteiger charge is -2.42. The van der Waals surface area contributed by atoms with Crippen LogP contribution in [0.2, 0.25) is 5.15 Å². The molecule has 0 atom stereocenters. The number of nitrogens with zero attached hydrogens (tertiary/aromatic N) is 2. The largest absolute Gasteiger partial charge is 0.324 e. The number of rotatable bonds is 2. The molecule has 0 aromatic carbocycles. The number of hydrogen-bond acceptors (Lipinski definition) is 2. The van der Waals surface area contributed by atoms with E-state index in [1.807, 2.05) is 0 Å². The predicted octanol–water partition coefficient (Wildman–Crippen LogP) is 3.53. The SMILES string of the molecule is O=C(Nc1cnc(Cl)c(F)c1)N1CC(C2CCCC2)C1. The van der Waals surface area contributed by atoms with Crippen LogP contribution in [0.1, 0.15) is 25.7 Å². The number of urea groups is 1. The molecule has 0 unspecified atom stereocenters. The van der Waals surface area contributed by atoms with Crippen molar-refractivity contribution >= 4 is 23.3 Å².